The van der Waals surface area contributed by atoms with Gasteiger partial charge in [-0.05, 0) is 12.1 Å². The van der Waals surface area contributed by atoms with Crippen molar-refractivity contribution in [2.75, 3.05) is 23.1 Å². The van der Waals surface area contributed by atoms with E-state index in [0.717, 1.165) is 0 Å². The second-order valence-electron chi connectivity index (χ2n) is 5.30. The summed E-state index contributed by atoms with van der Waals surface area (Å²) in [5.41, 5.74) is 0.584. The van der Waals surface area contributed by atoms with E-state index in [1.54, 1.807) is 6.07 Å². The fourth-order valence-corrected chi connectivity index (χ4v) is 2.70. The molecular formula is C15H13N5O7. The third-order valence-corrected chi connectivity index (χ3v) is 3.58. The van der Waals surface area contributed by atoms with Crippen LogP contribution in [0, 0.1) is 0 Å². The van der Waals surface area contributed by atoms with Crippen molar-refractivity contribution in [3.63, 3.8) is 0 Å². The maximum atomic E-state index is 11.2. The number of ether oxygens (including phenoxy) is 1. The van der Waals surface area contributed by atoms with E-state index < -0.39 is 18.3 Å². The van der Waals surface area contributed by atoms with Crippen molar-refractivity contribution in [1.82, 2.24) is 9.97 Å². The summed E-state index contributed by atoms with van der Waals surface area (Å²) in [5, 5.41) is 34.1. The molecule has 2 aromatic heterocycles. The lowest BCUT2D eigenvalue weighted by molar-refractivity contribution is 0.208. The first-order valence-corrected chi connectivity index (χ1v) is 7.32. The normalized spacial score (nSPS) is 10.6. The summed E-state index contributed by atoms with van der Waals surface area (Å²) in [4.78, 5) is 40.0. The average Bonchev–Trinajstić information content (AvgIpc) is 2.93. The molecular weight excluding hydrogens is 362 g/mol. The molecule has 140 valence electrons. The molecule has 0 aliphatic heterocycles. The molecule has 7 N–H and O–H groups in total. The van der Waals surface area contributed by atoms with Crippen LogP contribution < -0.4 is 20.7 Å². The molecule has 27 heavy (non-hydrogen) atoms. The van der Waals surface area contributed by atoms with E-state index >= 15 is 0 Å². The van der Waals surface area contributed by atoms with Gasteiger partial charge >= 0.3 is 18.3 Å². The van der Waals surface area contributed by atoms with E-state index in [1.807, 2.05) is 0 Å². The number of H-pyrrole nitrogens is 1. The predicted molar refractivity (Wildman–Crippen MR) is 95.1 cm³/mol. The summed E-state index contributed by atoms with van der Waals surface area (Å²) in [6.07, 6.45) is -4.04. The second kappa shape index (κ2) is 6.59. The number of hydrogen-bond donors (Lipinski definition) is 7. The highest BCUT2D eigenvalue weighted by atomic mass is 16.5. The number of methoxy groups -OCH3 is 1. The zero-order chi connectivity index (χ0) is 19.7. The minimum absolute atomic E-state index is 0.0314. The zero-order valence-corrected chi connectivity index (χ0v) is 13.7. The molecule has 0 aliphatic carbocycles. The summed E-state index contributed by atoms with van der Waals surface area (Å²) in [7, 11) is 1.37. The van der Waals surface area contributed by atoms with E-state index in [9.17, 15) is 14.4 Å². The number of fused-ring (bicyclic) bond motifs is 3. The molecule has 0 unspecified atom stereocenters. The Labute approximate surface area is 149 Å². The SMILES string of the molecule is COc1cc2cc(NC(=O)O)[nH]c2c2c(NC(=O)O)cc(NC(=O)O)nc12. The Hall–Kier alpha value is -4.22. The van der Waals surface area contributed by atoms with Gasteiger partial charge in [-0.3, -0.25) is 16.0 Å². The van der Waals surface area contributed by atoms with E-state index in [2.05, 4.69) is 25.9 Å². The number of rotatable bonds is 4. The molecule has 0 atom stereocenters. The van der Waals surface area contributed by atoms with Gasteiger partial charge in [0.1, 0.15) is 22.9 Å². The van der Waals surface area contributed by atoms with Crippen molar-refractivity contribution in [3.05, 3.63) is 18.2 Å². The highest BCUT2D eigenvalue weighted by molar-refractivity contribution is 6.16. The van der Waals surface area contributed by atoms with Crippen molar-refractivity contribution in [2.24, 2.45) is 0 Å². The smallest absolute Gasteiger partial charge is 0.410 e. The minimum Gasteiger partial charge on any atom is -0.494 e. The lowest BCUT2D eigenvalue weighted by atomic mass is 10.1. The molecule has 0 saturated heterocycles. The molecule has 0 bridgehead atoms. The molecule has 12 heteroatoms. The third-order valence-electron chi connectivity index (χ3n) is 3.58. The van der Waals surface area contributed by atoms with Crippen LogP contribution in [0.1, 0.15) is 0 Å². The van der Waals surface area contributed by atoms with E-state index in [1.165, 1.54) is 19.2 Å². The Morgan fingerprint density at radius 1 is 1.00 bits per heavy atom. The van der Waals surface area contributed by atoms with E-state index in [4.69, 9.17) is 20.1 Å². The van der Waals surface area contributed by atoms with Gasteiger partial charge in [-0.15, -0.1) is 0 Å². The molecule has 1 aromatic carbocycles. The Morgan fingerprint density at radius 2 is 1.67 bits per heavy atom. The second-order valence-corrected chi connectivity index (χ2v) is 5.30. The van der Waals surface area contributed by atoms with Crippen LogP contribution in [0.25, 0.3) is 21.8 Å². The summed E-state index contributed by atoms with van der Waals surface area (Å²) >= 11 is 0. The van der Waals surface area contributed by atoms with Crippen molar-refractivity contribution < 1.29 is 34.4 Å². The number of aromatic nitrogens is 2. The van der Waals surface area contributed by atoms with Crippen LogP contribution in [-0.2, 0) is 0 Å². The van der Waals surface area contributed by atoms with Gasteiger partial charge in [0.15, 0.2) is 0 Å². The van der Waals surface area contributed by atoms with Gasteiger partial charge in [0.2, 0.25) is 0 Å². The molecule has 0 fully saturated rings. The molecule has 0 aliphatic rings. The van der Waals surface area contributed by atoms with Crippen molar-refractivity contribution in [2.45, 2.75) is 0 Å². The number of carboxylic acid groups (broad SMARTS) is 3. The molecule has 12 nitrogen and oxygen atoms in total. The summed E-state index contributed by atoms with van der Waals surface area (Å²) < 4.78 is 5.28. The Balaban J connectivity index is 2.36. The number of amides is 3. The zero-order valence-electron chi connectivity index (χ0n) is 13.7. The number of hydrogen-bond acceptors (Lipinski definition) is 5. The number of nitrogens with zero attached hydrogens (tertiary/aromatic N) is 1. The minimum atomic E-state index is -1.38. The van der Waals surface area contributed by atoms with E-state index in [0.29, 0.717) is 10.9 Å². The molecule has 3 rings (SSSR count). The number of pyridine rings is 1. The highest BCUT2D eigenvalue weighted by Crippen LogP contribution is 2.38. The molecule has 2 heterocycles. The fourth-order valence-electron chi connectivity index (χ4n) is 2.70. The largest absolute Gasteiger partial charge is 0.494 e. The van der Waals surface area contributed by atoms with Crippen molar-refractivity contribution in [1.29, 1.82) is 0 Å². The standard InChI is InChI=1S/C15H13N5O7/c1-27-7-2-5-3-8(19-14(23)24)17-11(5)10-6(16-13(21)22)4-9(18-12(7)10)20-15(25)26/h2-4,17,19H,1H3,(H,21,22)(H,23,24)(H,25,26)(H2,16,18,20). The van der Waals surface area contributed by atoms with Crippen LogP contribution in [-0.4, -0.2) is 50.7 Å². The third kappa shape index (κ3) is 3.44. The molecule has 3 amide bonds. The van der Waals surface area contributed by atoms with E-state index in [-0.39, 0.29) is 34.0 Å². The van der Waals surface area contributed by atoms with Gasteiger partial charge in [0.25, 0.3) is 0 Å². The van der Waals surface area contributed by atoms with Gasteiger partial charge in [-0.25, -0.2) is 19.4 Å². The van der Waals surface area contributed by atoms with Crippen LogP contribution in [0.2, 0.25) is 0 Å². The molecule has 0 spiro atoms. The van der Waals surface area contributed by atoms with Crippen LogP contribution in [0.15, 0.2) is 18.2 Å². The van der Waals surface area contributed by atoms with Crippen molar-refractivity contribution in [3.8, 4) is 5.75 Å². The lowest BCUT2D eigenvalue weighted by Gasteiger charge is -2.13. The lowest BCUT2D eigenvalue weighted by Crippen LogP contribution is -2.12. The highest BCUT2D eigenvalue weighted by Gasteiger charge is 2.18. The maximum Gasteiger partial charge on any atom is 0.410 e. The number of carbonyl (C=O) groups is 3. The monoisotopic (exact) mass is 375 g/mol. The Bertz CT molecular complexity index is 1090. The number of benzene rings is 1. The topological polar surface area (TPSA) is 186 Å². The molecule has 3 aromatic rings. The van der Waals surface area contributed by atoms with Gasteiger partial charge in [-0.2, -0.15) is 0 Å². The van der Waals surface area contributed by atoms with Crippen LogP contribution in [0.4, 0.5) is 31.7 Å². The molecule has 0 radical (unpaired) electrons. The Morgan fingerprint density at radius 3 is 2.26 bits per heavy atom. The van der Waals surface area contributed by atoms with Gasteiger partial charge in [0, 0.05) is 11.5 Å². The number of nitrogens with one attached hydrogen (secondary N) is 4. The Kier molecular flexibility index (Phi) is 4.29. The average molecular weight is 375 g/mol. The van der Waals surface area contributed by atoms with Gasteiger partial charge in [0.05, 0.1) is 23.7 Å². The first kappa shape index (κ1) is 17.6. The summed E-state index contributed by atoms with van der Waals surface area (Å²) in [5.74, 6) is 0.272. The predicted octanol–water partition coefficient (Wildman–Crippen LogP) is 2.99. The first-order valence-electron chi connectivity index (χ1n) is 7.32. The van der Waals surface area contributed by atoms with Gasteiger partial charge in [-0.1, -0.05) is 0 Å². The summed E-state index contributed by atoms with van der Waals surface area (Å²) in [6.45, 7) is 0. The van der Waals surface area contributed by atoms with Crippen LogP contribution in [0.5, 0.6) is 5.75 Å². The fraction of sp³-hybridized carbons (Fsp3) is 0.0667. The van der Waals surface area contributed by atoms with Crippen molar-refractivity contribution >= 4 is 57.4 Å². The maximum absolute atomic E-state index is 11.2. The van der Waals surface area contributed by atoms with Gasteiger partial charge < -0.3 is 25.0 Å². The number of aromatic amines is 1. The summed E-state index contributed by atoms with van der Waals surface area (Å²) in [6, 6.07) is 4.26. The number of anilines is 3. The van der Waals surface area contributed by atoms with Crippen LogP contribution >= 0.6 is 0 Å². The van der Waals surface area contributed by atoms with Crippen LogP contribution in [0.3, 0.4) is 0 Å². The quantitative estimate of drug-likeness (QED) is 0.362. The first-order chi connectivity index (χ1) is 12.8. The molecule has 0 saturated carbocycles.